The Morgan fingerprint density at radius 3 is 2.37 bits per heavy atom. The Morgan fingerprint density at radius 1 is 0.829 bits per heavy atom. The van der Waals surface area contributed by atoms with Gasteiger partial charge in [0, 0.05) is 43.7 Å². The summed E-state index contributed by atoms with van der Waals surface area (Å²) in [5.74, 6) is 2.04. The Hall–Kier alpha value is -4.78. The van der Waals surface area contributed by atoms with Crippen LogP contribution >= 0.6 is 0 Å². The molecule has 0 bridgehead atoms. The molecule has 1 saturated heterocycles. The highest BCUT2D eigenvalue weighted by atomic mass is 16.5. The van der Waals surface area contributed by atoms with Gasteiger partial charge in [-0.25, -0.2) is 4.98 Å². The molecule has 41 heavy (non-hydrogen) atoms. The van der Waals surface area contributed by atoms with Crippen molar-refractivity contribution in [1.82, 2.24) is 20.0 Å². The fourth-order valence-corrected chi connectivity index (χ4v) is 5.80. The quantitative estimate of drug-likeness (QED) is 0.240. The standard InChI is InChI=1S/C34H31N5O2/c1-22(2)20-29-35-32(30-31(37-41-33(30)36-29)26-15-14-23-8-3-4-10-25(23)21-26)38-16-18-39(19-17-38)34(40)28-13-7-11-24-9-5-6-12-27(24)28/h3-15,21-22H,16-20H2,1-2H3. The molecule has 4 aromatic carbocycles. The summed E-state index contributed by atoms with van der Waals surface area (Å²) in [7, 11) is 0. The van der Waals surface area contributed by atoms with E-state index in [2.05, 4.69) is 54.2 Å². The lowest BCUT2D eigenvalue weighted by Crippen LogP contribution is -2.49. The number of carbonyl (C=O) groups excluding carboxylic acids is 1. The SMILES string of the molecule is CC(C)Cc1nc(N2CCN(C(=O)c3cccc4ccccc34)CC2)c2c(-c3ccc4ccccc4c3)noc2n1. The van der Waals surface area contributed by atoms with Gasteiger partial charge in [-0.05, 0) is 39.6 Å². The summed E-state index contributed by atoms with van der Waals surface area (Å²) in [6, 6.07) is 28.6. The maximum Gasteiger partial charge on any atom is 0.263 e. The zero-order valence-electron chi connectivity index (χ0n) is 23.2. The highest BCUT2D eigenvalue weighted by Crippen LogP contribution is 2.36. The Kier molecular flexibility index (Phi) is 6.34. The van der Waals surface area contributed by atoms with E-state index in [1.807, 2.05) is 59.5 Å². The first kappa shape index (κ1) is 25.2. The van der Waals surface area contributed by atoms with Crippen LogP contribution in [-0.4, -0.2) is 52.1 Å². The average molecular weight is 542 g/mol. The van der Waals surface area contributed by atoms with Crippen LogP contribution in [0.4, 0.5) is 5.82 Å². The van der Waals surface area contributed by atoms with Crippen molar-refractivity contribution in [3.8, 4) is 11.3 Å². The van der Waals surface area contributed by atoms with Crippen molar-refractivity contribution in [1.29, 1.82) is 0 Å². The highest BCUT2D eigenvalue weighted by molar-refractivity contribution is 6.07. The zero-order chi connectivity index (χ0) is 27.9. The second kappa shape index (κ2) is 10.3. The predicted octanol–water partition coefficient (Wildman–Crippen LogP) is 6.75. The van der Waals surface area contributed by atoms with Gasteiger partial charge in [0.2, 0.25) is 0 Å². The smallest absolute Gasteiger partial charge is 0.263 e. The van der Waals surface area contributed by atoms with E-state index in [1.54, 1.807) is 0 Å². The van der Waals surface area contributed by atoms with Crippen molar-refractivity contribution in [2.24, 2.45) is 5.92 Å². The molecule has 7 heteroatoms. The highest BCUT2D eigenvalue weighted by Gasteiger charge is 2.28. The molecular weight excluding hydrogens is 510 g/mol. The molecule has 0 N–H and O–H groups in total. The summed E-state index contributed by atoms with van der Waals surface area (Å²) in [5, 5.41) is 9.69. The zero-order valence-corrected chi connectivity index (χ0v) is 23.2. The van der Waals surface area contributed by atoms with E-state index in [-0.39, 0.29) is 5.91 Å². The lowest BCUT2D eigenvalue weighted by Gasteiger charge is -2.36. The number of anilines is 1. The second-order valence-corrected chi connectivity index (χ2v) is 11.1. The fourth-order valence-electron chi connectivity index (χ4n) is 5.80. The lowest BCUT2D eigenvalue weighted by atomic mass is 10.0. The van der Waals surface area contributed by atoms with E-state index >= 15 is 0 Å². The minimum atomic E-state index is 0.0663. The summed E-state index contributed by atoms with van der Waals surface area (Å²) in [6.45, 7) is 6.84. The third-order valence-corrected chi connectivity index (χ3v) is 7.86. The van der Waals surface area contributed by atoms with E-state index in [9.17, 15) is 4.79 Å². The topological polar surface area (TPSA) is 75.4 Å². The van der Waals surface area contributed by atoms with E-state index in [1.165, 1.54) is 5.39 Å². The normalized spacial score (nSPS) is 14.0. The number of hydrogen-bond acceptors (Lipinski definition) is 6. The number of aromatic nitrogens is 3. The molecule has 204 valence electrons. The van der Waals surface area contributed by atoms with Crippen LogP contribution in [0.2, 0.25) is 0 Å². The summed E-state index contributed by atoms with van der Waals surface area (Å²) in [5.41, 5.74) is 2.96. The maximum absolute atomic E-state index is 13.6. The molecule has 0 radical (unpaired) electrons. The molecule has 6 aromatic rings. The Balaban J connectivity index is 1.23. The summed E-state index contributed by atoms with van der Waals surface area (Å²) < 4.78 is 5.84. The van der Waals surface area contributed by atoms with E-state index in [0.29, 0.717) is 37.8 Å². The number of nitrogens with zero attached hydrogens (tertiary/aromatic N) is 5. The van der Waals surface area contributed by atoms with Crippen molar-refractivity contribution in [3.63, 3.8) is 0 Å². The summed E-state index contributed by atoms with van der Waals surface area (Å²) in [4.78, 5) is 27.6. The molecule has 2 aromatic heterocycles. The largest absolute Gasteiger partial charge is 0.352 e. The molecule has 0 aliphatic carbocycles. The van der Waals surface area contributed by atoms with Crippen LogP contribution in [0.25, 0.3) is 43.9 Å². The van der Waals surface area contributed by atoms with Gasteiger partial charge in [0.15, 0.2) is 0 Å². The van der Waals surface area contributed by atoms with Gasteiger partial charge in [-0.3, -0.25) is 4.79 Å². The number of amides is 1. The molecule has 3 heterocycles. The molecule has 7 rings (SSSR count). The molecule has 0 saturated carbocycles. The molecule has 0 spiro atoms. The number of carbonyl (C=O) groups is 1. The molecule has 7 nitrogen and oxygen atoms in total. The van der Waals surface area contributed by atoms with Gasteiger partial charge >= 0.3 is 0 Å². The van der Waals surface area contributed by atoms with E-state index < -0.39 is 0 Å². The average Bonchev–Trinajstić information content (AvgIpc) is 3.43. The van der Waals surface area contributed by atoms with Crippen LogP contribution in [0, 0.1) is 5.92 Å². The summed E-state index contributed by atoms with van der Waals surface area (Å²) in [6.07, 6.45) is 0.745. The van der Waals surface area contributed by atoms with E-state index in [4.69, 9.17) is 14.5 Å². The van der Waals surface area contributed by atoms with Gasteiger partial charge in [0.1, 0.15) is 22.7 Å². The molecule has 1 aliphatic heterocycles. The van der Waals surface area contributed by atoms with Crippen molar-refractivity contribution < 1.29 is 9.32 Å². The second-order valence-electron chi connectivity index (χ2n) is 11.1. The van der Waals surface area contributed by atoms with Gasteiger partial charge in [-0.2, -0.15) is 4.98 Å². The monoisotopic (exact) mass is 541 g/mol. The van der Waals surface area contributed by atoms with Crippen molar-refractivity contribution in [2.75, 3.05) is 31.1 Å². The lowest BCUT2D eigenvalue weighted by molar-refractivity contribution is 0.0748. The van der Waals surface area contributed by atoms with Gasteiger partial charge in [0.05, 0.1) is 0 Å². The third-order valence-electron chi connectivity index (χ3n) is 7.86. The number of fused-ring (bicyclic) bond motifs is 3. The minimum Gasteiger partial charge on any atom is -0.352 e. The van der Waals surface area contributed by atoms with Crippen molar-refractivity contribution in [3.05, 3.63) is 96.3 Å². The third kappa shape index (κ3) is 4.67. The van der Waals surface area contributed by atoms with Crippen LogP contribution in [0.5, 0.6) is 0 Å². The van der Waals surface area contributed by atoms with Crippen LogP contribution in [0.3, 0.4) is 0 Å². The molecule has 0 atom stereocenters. The first-order valence-electron chi connectivity index (χ1n) is 14.2. The molecule has 1 amide bonds. The van der Waals surface area contributed by atoms with Crippen molar-refractivity contribution in [2.45, 2.75) is 20.3 Å². The number of hydrogen-bond donors (Lipinski definition) is 0. The van der Waals surface area contributed by atoms with Gasteiger partial charge in [0.25, 0.3) is 11.6 Å². The van der Waals surface area contributed by atoms with Crippen LogP contribution in [-0.2, 0) is 6.42 Å². The van der Waals surface area contributed by atoms with Gasteiger partial charge in [-0.15, -0.1) is 0 Å². The number of piperazine rings is 1. The maximum atomic E-state index is 13.6. The molecule has 1 aliphatic rings. The number of rotatable bonds is 5. The van der Waals surface area contributed by atoms with Crippen LogP contribution in [0.15, 0.2) is 89.5 Å². The Labute approximate surface area is 238 Å². The van der Waals surface area contributed by atoms with Crippen LogP contribution < -0.4 is 4.90 Å². The fraction of sp³-hybridized carbons (Fsp3) is 0.235. The Bertz CT molecular complexity index is 1900. The van der Waals surface area contributed by atoms with Crippen molar-refractivity contribution >= 4 is 44.4 Å². The Morgan fingerprint density at radius 2 is 1.56 bits per heavy atom. The first-order valence-corrected chi connectivity index (χ1v) is 14.2. The van der Waals surface area contributed by atoms with Crippen LogP contribution in [0.1, 0.15) is 30.0 Å². The minimum absolute atomic E-state index is 0.0663. The van der Waals surface area contributed by atoms with Gasteiger partial charge in [-0.1, -0.05) is 91.8 Å². The predicted molar refractivity (Wildman–Crippen MR) is 163 cm³/mol. The molecular formula is C34H31N5O2. The molecule has 1 fully saturated rings. The van der Waals surface area contributed by atoms with E-state index in [0.717, 1.165) is 56.4 Å². The molecule has 0 unspecified atom stereocenters. The number of benzene rings is 4. The van der Waals surface area contributed by atoms with Gasteiger partial charge < -0.3 is 14.3 Å². The first-order chi connectivity index (χ1) is 20.0. The summed E-state index contributed by atoms with van der Waals surface area (Å²) >= 11 is 0.